The molecule has 1 aromatic heterocycles. The molecule has 6 nitrogen and oxygen atoms in total. The summed E-state index contributed by atoms with van der Waals surface area (Å²) in [5.41, 5.74) is 0. The molecule has 1 atom stereocenters. The molecule has 0 radical (unpaired) electrons. The molecule has 0 saturated heterocycles. The maximum Gasteiger partial charge on any atom is 0.244 e. The number of pyridine rings is 1. The molecule has 1 rings (SSSR count). The Morgan fingerprint density at radius 2 is 2.14 bits per heavy atom. The second kappa shape index (κ2) is 8.67. The predicted octanol–water partition coefficient (Wildman–Crippen LogP) is 2.37. The highest BCUT2D eigenvalue weighted by Crippen LogP contribution is 2.23. The second-order valence-corrected chi connectivity index (χ2v) is 7.21. The van der Waals surface area contributed by atoms with Gasteiger partial charge in [-0.05, 0) is 34.8 Å². The molecule has 0 saturated carbocycles. The number of nitrogens with zero attached hydrogens (tertiary/aromatic N) is 1. The van der Waals surface area contributed by atoms with Gasteiger partial charge in [-0.15, -0.1) is 0 Å². The number of rotatable bonds is 9. The zero-order valence-corrected chi connectivity index (χ0v) is 14.9. The Hall–Kier alpha value is -0.700. The highest BCUT2D eigenvalue weighted by molar-refractivity contribution is 9.10. The average molecular weight is 380 g/mol. The van der Waals surface area contributed by atoms with E-state index in [1.807, 2.05) is 13.8 Å². The Morgan fingerprint density at radius 3 is 2.71 bits per heavy atom. The summed E-state index contributed by atoms with van der Waals surface area (Å²) >= 11 is 3.26. The molecule has 0 aliphatic carbocycles. The van der Waals surface area contributed by atoms with Gasteiger partial charge in [-0.1, -0.05) is 13.8 Å². The van der Waals surface area contributed by atoms with E-state index in [4.69, 9.17) is 4.74 Å². The summed E-state index contributed by atoms with van der Waals surface area (Å²) in [6.45, 7) is 4.90. The number of halogens is 1. The van der Waals surface area contributed by atoms with Crippen molar-refractivity contribution in [3.05, 3.63) is 16.7 Å². The Labute approximate surface area is 134 Å². The van der Waals surface area contributed by atoms with E-state index in [2.05, 4.69) is 31.0 Å². The highest BCUT2D eigenvalue weighted by Gasteiger charge is 2.23. The lowest BCUT2D eigenvalue weighted by Gasteiger charge is -2.18. The van der Waals surface area contributed by atoms with E-state index in [0.29, 0.717) is 29.9 Å². The SMILES string of the molecule is CCCNc1ncc(Br)cc1S(=O)(=O)NC(CC)COC. The minimum absolute atomic E-state index is 0.139. The van der Waals surface area contributed by atoms with Crippen molar-refractivity contribution in [2.75, 3.05) is 25.6 Å². The smallest absolute Gasteiger partial charge is 0.244 e. The molecule has 0 aliphatic rings. The van der Waals surface area contributed by atoms with Gasteiger partial charge in [0.25, 0.3) is 0 Å². The van der Waals surface area contributed by atoms with Crippen LogP contribution in [-0.4, -0.2) is 39.7 Å². The zero-order chi connectivity index (χ0) is 15.9. The first-order valence-electron chi connectivity index (χ1n) is 6.85. The van der Waals surface area contributed by atoms with Crippen molar-refractivity contribution in [2.24, 2.45) is 0 Å². The lowest BCUT2D eigenvalue weighted by Crippen LogP contribution is -2.37. The molecule has 0 amide bonds. The monoisotopic (exact) mass is 379 g/mol. The van der Waals surface area contributed by atoms with E-state index in [-0.39, 0.29) is 10.9 Å². The van der Waals surface area contributed by atoms with E-state index >= 15 is 0 Å². The van der Waals surface area contributed by atoms with Crippen molar-refractivity contribution in [2.45, 2.75) is 37.6 Å². The number of aromatic nitrogens is 1. The number of hydrogen-bond donors (Lipinski definition) is 2. The summed E-state index contributed by atoms with van der Waals surface area (Å²) in [5, 5.41) is 3.04. The van der Waals surface area contributed by atoms with Gasteiger partial charge >= 0.3 is 0 Å². The summed E-state index contributed by atoms with van der Waals surface area (Å²) < 4.78 is 33.4. The minimum atomic E-state index is -3.66. The molecule has 0 spiro atoms. The molecule has 8 heteroatoms. The first kappa shape index (κ1) is 18.3. The van der Waals surface area contributed by atoms with Crippen LogP contribution < -0.4 is 10.0 Å². The van der Waals surface area contributed by atoms with Crippen molar-refractivity contribution in [1.82, 2.24) is 9.71 Å². The maximum absolute atomic E-state index is 12.5. The summed E-state index contributed by atoms with van der Waals surface area (Å²) in [5.74, 6) is 0.361. The number of sulfonamides is 1. The quantitative estimate of drug-likeness (QED) is 0.688. The van der Waals surface area contributed by atoms with Crippen molar-refractivity contribution < 1.29 is 13.2 Å². The Bertz CT molecular complexity index is 552. The third kappa shape index (κ3) is 5.54. The Balaban J connectivity index is 3.07. The van der Waals surface area contributed by atoms with Gasteiger partial charge in [-0.2, -0.15) is 0 Å². The first-order chi connectivity index (χ1) is 9.94. The topological polar surface area (TPSA) is 80.3 Å². The molecule has 2 N–H and O–H groups in total. The first-order valence-corrected chi connectivity index (χ1v) is 9.12. The van der Waals surface area contributed by atoms with Crippen LogP contribution in [0.1, 0.15) is 26.7 Å². The summed E-state index contributed by atoms with van der Waals surface area (Å²) in [4.78, 5) is 4.29. The minimum Gasteiger partial charge on any atom is -0.383 e. The molecule has 21 heavy (non-hydrogen) atoms. The molecule has 1 unspecified atom stereocenters. The number of anilines is 1. The van der Waals surface area contributed by atoms with Crippen LogP contribution in [0.15, 0.2) is 21.6 Å². The molecule has 0 aliphatic heterocycles. The fraction of sp³-hybridized carbons (Fsp3) is 0.615. The average Bonchev–Trinajstić information content (AvgIpc) is 2.45. The van der Waals surface area contributed by atoms with E-state index < -0.39 is 10.0 Å². The van der Waals surface area contributed by atoms with Crippen LogP contribution in [0, 0.1) is 0 Å². The fourth-order valence-corrected chi connectivity index (χ4v) is 3.67. The highest BCUT2D eigenvalue weighted by atomic mass is 79.9. The van der Waals surface area contributed by atoms with E-state index in [0.717, 1.165) is 6.42 Å². The number of methoxy groups -OCH3 is 1. The normalized spacial score (nSPS) is 13.1. The van der Waals surface area contributed by atoms with Crippen LogP contribution in [0.3, 0.4) is 0 Å². The largest absolute Gasteiger partial charge is 0.383 e. The van der Waals surface area contributed by atoms with Gasteiger partial charge in [-0.25, -0.2) is 18.1 Å². The summed E-state index contributed by atoms with van der Waals surface area (Å²) in [6, 6.07) is 1.28. The van der Waals surface area contributed by atoms with Gasteiger partial charge in [0.1, 0.15) is 10.7 Å². The van der Waals surface area contributed by atoms with Crippen LogP contribution in [0.5, 0.6) is 0 Å². The predicted molar refractivity (Wildman–Crippen MR) is 87.0 cm³/mol. The van der Waals surface area contributed by atoms with Gasteiger partial charge in [0.15, 0.2) is 0 Å². The molecule has 1 heterocycles. The zero-order valence-electron chi connectivity index (χ0n) is 12.5. The summed E-state index contributed by atoms with van der Waals surface area (Å²) in [7, 11) is -2.11. The van der Waals surface area contributed by atoms with Crippen molar-refractivity contribution in [3.63, 3.8) is 0 Å². The second-order valence-electron chi connectivity index (χ2n) is 4.61. The van der Waals surface area contributed by atoms with Crippen LogP contribution in [0.4, 0.5) is 5.82 Å². The number of nitrogens with one attached hydrogen (secondary N) is 2. The fourth-order valence-electron chi connectivity index (χ4n) is 1.72. The van der Waals surface area contributed by atoms with Crippen LogP contribution in [0.25, 0.3) is 0 Å². The lowest BCUT2D eigenvalue weighted by molar-refractivity contribution is 0.173. The van der Waals surface area contributed by atoms with Crippen molar-refractivity contribution in [1.29, 1.82) is 0 Å². The van der Waals surface area contributed by atoms with Crippen molar-refractivity contribution in [3.8, 4) is 0 Å². The Morgan fingerprint density at radius 1 is 1.43 bits per heavy atom. The molecular weight excluding hydrogens is 358 g/mol. The standard InChI is InChI=1S/C13H22BrN3O3S/c1-4-6-15-13-12(7-10(14)8-16-13)21(18,19)17-11(5-2)9-20-3/h7-8,11,17H,4-6,9H2,1-3H3,(H,15,16). The van der Waals surface area contributed by atoms with Gasteiger partial charge in [0.05, 0.1) is 6.61 Å². The number of hydrogen-bond acceptors (Lipinski definition) is 5. The molecule has 0 bridgehead atoms. The van der Waals surface area contributed by atoms with Gasteiger partial charge < -0.3 is 10.1 Å². The third-order valence-electron chi connectivity index (χ3n) is 2.83. The Kier molecular flexibility index (Phi) is 7.58. The van der Waals surface area contributed by atoms with Gasteiger partial charge in [0, 0.05) is 30.4 Å². The maximum atomic E-state index is 12.5. The van der Waals surface area contributed by atoms with Gasteiger partial charge in [-0.3, -0.25) is 0 Å². The third-order valence-corrected chi connectivity index (χ3v) is 4.80. The van der Waals surface area contributed by atoms with Crippen molar-refractivity contribution >= 4 is 31.8 Å². The lowest BCUT2D eigenvalue weighted by atomic mass is 10.3. The van der Waals surface area contributed by atoms with E-state index in [9.17, 15) is 8.42 Å². The van der Waals surface area contributed by atoms with Crippen LogP contribution >= 0.6 is 15.9 Å². The molecule has 120 valence electrons. The molecule has 0 fully saturated rings. The van der Waals surface area contributed by atoms with Crippen LogP contribution in [0.2, 0.25) is 0 Å². The molecule has 0 aromatic carbocycles. The number of ether oxygens (including phenoxy) is 1. The van der Waals surface area contributed by atoms with E-state index in [1.165, 1.54) is 0 Å². The van der Waals surface area contributed by atoms with E-state index in [1.54, 1.807) is 19.4 Å². The molecule has 1 aromatic rings. The van der Waals surface area contributed by atoms with Crippen LogP contribution in [-0.2, 0) is 14.8 Å². The molecular formula is C13H22BrN3O3S. The van der Waals surface area contributed by atoms with Gasteiger partial charge in [0.2, 0.25) is 10.0 Å². The summed E-state index contributed by atoms with van der Waals surface area (Å²) in [6.07, 6.45) is 3.10.